The van der Waals surface area contributed by atoms with Crippen molar-refractivity contribution in [2.24, 2.45) is 5.73 Å². The van der Waals surface area contributed by atoms with Crippen LogP contribution in [0.4, 0.5) is 0 Å². The second-order valence-corrected chi connectivity index (χ2v) is 4.57. The van der Waals surface area contributed by atoms with E-state index in [9.17, 15) is 4.79 Å². The van der Waals surface area contributed by atoms with Gasteiger partial charge in [-0.25, -0.2) is 0 Å². The second-order valence-electron chi connectivity index (χ2n) is 4.57. The number of carbonyl (C=O) groups excluding carboxylic acids is 1. The van der Waals surface area contributed by atoms with Crippen LogP contribution in [0.25, 0.3) is 0 Å². The normalized spacial score (nSPS) is 25.6. The van der Waals surface area contributed by atoms with Crippen LogP contribution in [0.1, 0.15) is 31.2 Å². The van der Waals surface area contributed by atoms with Crippen molar-refractivity contribution in [2.45, 2.75) is 37.8 Å². The van der Waals surface area contributed by atoms with Crippen LogP contribution in [-0.2, 0) is 4.79 Å². The van der Waals surface area contributed by atoms with Crippen LogP contribution >= 0.6 is 0 Å². The second kappa shape index (κ2) is 4.66. The Morgan fingerprint density at radius 2 is 2.00 bits per heavy atom. The van der Waals surface area contributed by atoms with Crippen molar-refractivity contribution in [3.05, 3.63) is 35.9 Å². The molecule has 0 radical (unpaired) electrons. The number of nitrogens with one attached hydrogen (secondary N) is 1. The molecular formula is C13H18N2O. The molecule has 1 saturated carbocycles. The molecule has 16 heavy (non-hydrogen) atoms. The van der Waals surface area contributed by atoms with Crippen molar-refractivity contribution in [1.29, 1.82) is 0 Å². The van der Waals surface area contributed by atoms with Crippen LogP contribution in [0.5, 0.6) is 0 Å². The van der Waals surface area contributed by atoms with Gasteiger partial charge in [0.15, 0.2) is 0 Å². The summed E-state index contributed by atoms with van der Waals surface area (Å²) in [5.74, 6) is 0.552. The summed E-state index contributed by atoms with van der Waals surface area (Å²) in [6.07, 6.45) is 2.06. The summed E-state index contributed by atoms with van der Waals surface area (Å²) in [6, 6.07) is 10.3. The third kappa shape index (κ3) is 2.42. The molecule has 2 rings (SSSR count). The van der Waals surface area contributed by atoms with E-state index in [0.29, 0.717) is 12.0 Å². The van der Waals surface area contributed by atoms with E-state index >= 15 is 0 Å². The van der Waals surface area contributed by atoms with Crippen LogP contribution in [0.15, 0.2) is 30.3 Å². The van der Waals surface area contributed by atoms with Crippen LogP contribution in [0.2, 0.25) is 0 Å². The molecule has 3 nitrogen and oxygen atoms in total. The highest BCUT2D eigenvalue weighted by molar-refractivity contribution is 5.81. The zero-order chi connectivity index (χ0) is 11.5. The number of rotatable bonds is 3. The van der Waals surface area contributed by atoms with Gasteiger partial charge in [-0.2, -0.15) is 0 Å². The highest BCUT2D eigenvalue weighted by Gasteiger charge is 2.31. The first kappa shape index (κ1) is 11.1. The van der Waals surface area contributed by atoms with E-state index in [-0.39, 0.29) is 5.91 Å². The summed E-state index contributed by atoms with van der Waals surface area (Å²) in [5, 5.41) is 2.95. The summed E-state index contributed by atoms with van der Waals surface area (Å²) in [7, 11) is 0. The summed E-state index contributed by atoms with van der Waals surface area (Å²) in [6.45, 7) is 1.71. The number of benzene rings is 1. The van der Waals surface area contributed by atoms with Gasteiger partial charge in [0.05, 0.1) is 6.04 Å². The lowest BCUT2D eigenvalue weighted by Crippen LogP contribution is -2.48. The fraction of sp³-hybridized carbons (Fsp3) is 0.462. The van der Waals surface area contributed by atoms with Crippen LogP contribution in [0, 0.1) is 0 Å². The standard InChI is InChI=1S/C13H18N2O/c1-9(14)13(16)15-12-7-11(8-12)10-5-3-2-4-6-10/h2-6,9,11-12H,7-8,14H2,1H3,(H,15,16)/t9-,11?,12?/m1/s1. The zero-order valence-corrected chi connectivity index (χ0v) is 9.52. The van der Waals surface area contributed by atoms with Crippen LogP contribution in [-0.4, -0.2) is 18.0 Å². The van der Waals surface area contributed by atoms with E-state index < -0.39 is 6.04 Å². The van der Waals surface area contributed by atoms with Gasteiger partial charge in [-0.05, 0) is 31.2 Å². The lowest BCUT2D eigenvalue weighted by molar-refractivity contribution is -0.123. The van der Waals surface area contributed by atoms with E-state index in [2.05, 4.69) is 29.6 Å². The maximum atomic E-state index is 11.4. The molecule has 0 saturated heterocycles. The Morgan fingerprint density at radius 1 is 1.38 bits per heavy atom. The molecule has 0 unspecified atom stereocenters. The van der Waals surface area contributed by atoms with Gasteiger partial charge < -0.3 is 11.1 Å². The van der Waals surface area contributed by atoms with Crippen molar-refractivity contribution in [3.63, 3.8) is 0 Å². The number of hydrogen-bond acceptors (Lipinski definition) is 2. The van der Waals surface area contributed by atoms with E-state index in [1.54, 1.807) is 6.92 Å². The Labute approximate surface area is 96.0 Å². The Balaban J connectivity index is 1.80. The molecule has 3 heteroatoms. The van der Waals surface area contributed by atoms with Gasteiger partial charge in [0.25, 0.3) is 0 Å². The summed E-state index contributed by atoms with van der Waals surface area (Å²) >= 11 is 0. The quantitative estimate of drug-likeness (QED) is 0.805. The summed E-state index contributed by atoms with van der Waals surface area (Å²) in [5.41, 5.74) is 6.87. The molecule has 0 aromatic heterocycles. The Morgan fingerprint density at radius 3 is 2.56 bits per heavy atom. The fourth-order valence-electron chi connectivity index (χ4n) is 2.07. The predicted octanol–water partition coefficient (Wildman–Crippen LogP) is 1.40. The number of carbonyl (C=O) groups is 1. The van der Waals surface area contributed by atoms with Crippen molar-refractivity contribution in [1.82, 2.24) is 5.32 Å². The van der Waals surface area contributed by atoms with Crippen molar-refractivity contribution in [2.75, 3.05) is 0 Å². The minimum absolute atomic E-state index is 0.0449. The molecule has 0 bridgehead atoms. The molecule has 0 aliphatic heterocycles. The van der Waals surface area contributed by atoms with Crippen LogP contribution in [0.3, 0.4) is 0 Å². The number of hydrogen-bond donors (Lipinski definition) is 2. The molecule has 86 valence electrons. The third-order valence-electron chi connectivity index (χ3n) is 3.17. The van der Waals surface area contributed by atoms with Gasteiger partial charge in [-0.1, -0.05) is 30.3 Å². The molecule has 1 aliphatic rings. The molecule has 3 N–H and O–H groups in total. The molecule has 1 atom stereocenters. The lowest BCUT2D eigenvalue weighted by Gasteiger charge is -2.36. The Kier molecular flexibility index (Phi) is 3.25. The Hall–Kier alpha value is -1.35. The third-order valence-corrected chi connectivity index (χ3v) is 3.17. The summed E-state index contributed by atoms with van der Waals surface area (Å²) < 4.78 is 0. The monoisotopic (exact) mass is 218 g/mol. The minimum atomic E-state index is -0.407. The van der Waals surface area contributed by atoms with E-state index in [1.165, 1.54) is 5.56 Å². The SMILES string of the molecule is C[C@@H](N)C(=O)NC1CC(c2ccccc2)C1. The zero-order valence-electron chi connectivity index (χ0n) is 9.52. The van der Waals surface area contributed by atoms with Gasteiger partial charge in [0.1, 0.15) is 0 Å². The van der Waals surface area contributed by atoms with Crippen LogP contribution < -0.4 is 11.1 Å². The minimum Gasteiger partial charge on any atom is -0.352 e. The van der Waals surface area contributed by atoms with Gasteiger partial charge >= 0.3 is 0 Å². The molecule has 1 aromatic rings. The molecule has 1 aliphatic carbocycles. The van der Waals surface area contributed by atoms with E-state index in [1.807, 2.05) is 6.07 Å². The number of nitrogens with two attached hydrogens (primary N) is 1. The van der Waals surface area contributed by atoms with Crippen molar-refractivity contribution >= 4 is 5.91 Å². The molecular weight excluding hydrogens is 200 g/mol. The molecule has 1 amide bonds. The molecule has 0 spiro atoms. The van der Waals surface area contributed by atoms with Gasteiger partial charge in [0, 0.05) is 6.04 Å². The topological polar surface area (TPSA) is 55.1 Å². The first-order valence-corrected chi connectivity index (χ1v) is 5.77. The smallest absolute Gasteiger partial charge is 0.236 e. The first-order chi connectivity index (χ1) is 7.66. The van der Waals surface area contributed by atoms with E-state index in [4.69, 9.17) is 5.73 Å². The average Bonchev–Trinajstić information content (AvgIpc) is 2.23. The highest BCUT2D eigenvalue weighted by atomic mass is 16.2. The largest absolute Gasteiger partial charge is 0.352 e. The highest BCUT2D eigenvalue weighted by Crippen LogP contribution is 2.36. The summed E-state index contributed by atoms with van der Waals surface area (Å²) in [4.78, 5) is 11.4. The van der Waals surface area contributed by atoms with Gasteiger partial charge in [-0.15, -0.1) is 0 Å². The van der Waals surface area contributed by atoms with E-state index in [0.717, 1.165) is 12.8 Å². The maximum Gasteiger partial charge on any atom is 0.236 e. The predicted molar refractivity (Wildman–Crippen MR) is 64.0 cm³/mol. The van der Waals surface area contributed by atoms with Gasteiger partial charge in [0.2, 0.25) is 5.91 Å². The maximum absolute atomic E-state index is 11.4. The molecule has 1 aromatic carbocycles. The van der Waals surface area contributed by atoms with Crippen molar-refractivity contribution < 1.29 is 4.79 Å². The average molecular weight is 218 g/mol. The molecule has 1 fully saturated rings. The van der Waals surface area contributed by atoms with Crippen molar-refractivity contribution in [3.8, 4) is 0 Å². The van der Waals surface area contributed by atoms with Gasteiger partial charge in [-0.3, -0.25) is 4.79 Å². The first-order valence-electron chi connectivity index (χ1n) is 5.77. The Bertz CT molecular complexity index is 355. The number of amides is 1. The molecule has 0 heterocycles. The fourth-order valence-corrected chi connectivity index (χ4v) is 2.07. The lowest BCUT2D eigenvalue weighted by atomic mass is 9.76.